The quantitative estimate of drug-likeness (QED) is 0.304. The molecule has 22 heavy (non-hydrogen) atoms. The molecule has 0 unspecified atom stereocenters. The first-order valence-electron chi connectivity index (χ1n) is 6.83. The first kappa shape index (κ1) is 26.4. The van der Waals surface area contributed by atoms with Crippen LogP contribution in [-0.4, -0.2) is 47.5 Å². The second-order valence-electron chi connectivity index (χ2n) is 5.76. The minimum Gasteiger partial charge on any atom is -0.520 e. The van der Waals surface area contributed by atoms with Crippen LogP contribution in [0.3, 0.4) is 0 Å². The van der Waals surface area contributed by atoms with E-state index in [9.17, 15) is 14.4 Å². The number of nitrogens with zero attached hydrogens (tertiary/aromatic N) is 1. The minimum atomic E-state index is -1.22. The molecule has 126 valence electrons. The van der Waals surface area contributed by atoms with E-state index in [-0.39, 0.29) is 37.0 Å². The van der Waals surface area contributed by atoms with E-state index in [0.717, 1.165) is 4.90 Å². The van der Waals surface area contributed by atoms with Gasteiger partial charge in [-0.1, -0.05) is 13.8 Å². The molecule has 2 atom stereocenters. The van der Waals surface area contributed by atoms with E-state index in [0.29, 0.717) is 6.42 Å². The van der Waals surface area contributed by atoms with Gasteiger partial charge >= 0.3 is 43.1 Å². The first-order valence-corrected chi connectivity index (χ1v) is 6.83. The molecule has 0 aliphatic rings. The van der Waals surface area contributed by atoms with E-state index in [4.69, 9.17) is 9.84 Å². The van der Waals surface area contributed by atoms with Crippen molar-refractivity contribution in [2.24, 2.45) is 5.92 Å². The average molecular weight is 539 g/mol. The number of carboxylic acids is 1. The van der Waals surface area contributed by atoms with Crippen LogP contribution in [0.5, 0.6) is 0 Å². The normalized spacial score (nSPS) is 12.4. The monoisotopic (exact) mass is 539 g/mol. The summed E-state index contributed by atoms with van der Waals surface area (Å²) in [5, 5.41) is 8.62. The molecule has 6 nitrogen and oxygen atoms in total. The predicted octanol–water partition coefficient (Wildman–Crippen LogP) is 2.04. The van der Waals surface area contributed by atoms with E-state index in [1.807, 2.05) is 13.8 Å². The molecule has 0 fully saturated rings. The van der Waals surface area contributed by atoms with Gasteiger partial charge in [0, 0.05) is 0 Å². The number of rotatable bonds is 7. The zero-order valence-corrected chi connectivity index (χ0v) is 18.6. The zero-order valence-electron chi connectivity index (χ0n) is 14.5. The Balaban J connectivity index is -0.000000640. The third-order valence-electron chi connectivity index (χ3n) is 2.22. The minimum absolute atomic E-state index is 0. The van der Waals surface area contributed by atoms with Crippen molar-refractivity contribution in [1.29, 1.82) is 0 Å². The SMILES string of the molecule is CC(C)C[C@@H](C(=O)O[C@H](C)C(=O)O)N(C)[C-]=O.C[C-](C)C.[U+2]. The smallest absolute Gasteiger partial charge is 0.520 e. The van der Waals surface area contributed by atoms with Crippen molar-refractivity contribution in [3.05, 3.63) is 5.92 Å². The van der Waals surface area contributed by atoms with E-state index in [1.54, 1.807) is 6.41 Å². The second-order valence-corrected chi connectivity index (χ2v) is 5.76. The Bertz CT molecular complexity index is 331. The average Bonchev–Trinajstić information content (AvgIpc) is 2.33. The largest absolute Gasteiger partial charge is 2.00 e. The van der Waals surface area contributed by atoms with Gasteiger partial charge < -0.3 is 25.5 Å². The maximum Gasteiger partial charge on any atom is 2.00 e. The van der Waals surface area contributed by atoms with Crippen LogP contribution in [0.1, 0.15) is 48.0 Å². The van der Waals surface area contributed by atoms with Gasteiger partial charge in [-0.15, -0.1) is 0 Å². The molecule has 0 rings (SSSR count). The fraction of sp³-hybridized carbons (Fsp3) is 0.733. The number of amides is 1. The maximum absolute atomic E-state index is 11.7. The molecule has 0 aliphatic carbocycles. The molecule has 0 saturated heterocycles. The van der Waals surface area contributed by atoms with Crippen molar-refractivity contribution in [2.45, 2.75) is 60.1 Å². The van der Waals surface area contributed by atoms with Gasteiger partial charge in [-0.05, 0) is 26.3 Å². The third-order valence-corrected chi connectivity index (χ3v) is 2.22. The number of hydrogen-bond donors (Lipinski definition) is 1. The summed E-state index contributed by atoms with van der Waals surface area (Å²) in [4.78, 5) is 33.8. The number of esters is 1. The summed E-state index contributed by atoms with van der Waals surface area (Å²) in [5.41, 5.74) is 0. The van der Waals surface area contributed by atoms with Crippen LogP contribution in [0.25, 0.3) is 0 Å². The molecular weight excluding hydrogens is 512 g/mol. The molecule has 1 N–H and O–H groups in total. The van der Waals surface area contributed by atoms with Gasteiger partial charge in [-0.25, -0.2) is 9.59 Å². The van der Waals surface area contributed by atoms with Crippen LogP contribution in [0.2, 0.25) is 0 Å². The molecule has 0 aliphatic heterocycles. The Kier molecular flexibility index (Phi) is 16.9. The molecule has 0 aromatic heterocycles. The summed E-state index contributed by atoms with van der Waals surface area (Å²) in [6, 6.07) is -0.797. The Morgan fingerprint density at radius 1 is 1.23 bits per heavy atom. The fourth-order valence-electron chi connectivity index (χ4n) is 1.23. The van der Waals surface area contributed by atoms with Crippen molar-refractivity contribution >= 4 is 18.3 Å². The molecule has 7 heteroatoms. The summed E-state index contributed by atoms with van der Waals surface area (Å²) in [6.07, 6.45) is 0.764. The summed E-state index contributed by atoms with van der Waals surface area (Å²) in [6.45, 7) is 11.3. The van der Waals surface area contributed by atoms with E-state index in [2.05, 4.69) is 20.8 Å². The van der Waals surface area contributed by atoms with E-state index in [1.165, 1.54) is 19.9 Å². The van der Waals surface area contributed by atoms with Crippen molar-refractivity contribution in [3.63, 3.8) is 0 Å². The van der Waals surface area contributed by atoms with Crippen molar-refractivity contribution in [3.8, 4) is 0 Å². The fourth-order valence-corrected chi connectivity index (χ4v) is 1.23. The van der Waals surface area contributed by atoms with E-state index < -0.39 is 24.1 Å². The van der Waals surface area contributed by atoms with Gasteiger partial charge in [-0.2, -0.15) is 27.2 Å². The summed E-state index contributed by atoms with van der Waals surface area (Å²) >= 11 is 0. The molecule has 0 spiro atoms. The zero-order chi connectivity index (χ0) is 17.2. The number of ether oxygens (including phenoxy) is 1. The standard InChI is InChI=1S/C11H18NO5.C4H9.U/c1-7(2)5-9(12(4)6-13)11(16)17-8(3)10(14)15;1-4(2)3;/h7-9H,5H2,1-4H3,(H,14,15);1-3H3;/q2*-1;+2/t8-,9+;;/m1../s1. The third kappa shape index (κ3) is 14.4. The number of likely N-dealkylation sites (N-methyl/N-ethyl adjacent to an activating group) is 1. The number of carboxylic acid groups (broad SMARTS) is 1. The molecule has 0 aromatic rings. The summed E-state index contributed by atoms with van der Waals surface area (Å²) in [5.74, 6) is -0.359. The van der Waals surface area contributed by atoms with Crippen molar-refractivity contribution in [2.75, 3.05) is 7.05 Å². The molecule has 0 heterocycles. The number of carbonyl (C=O) groups excluding carboxylic acids is 2. The summed E-state index contributed by atoms with van der Waals surface area (Å²) in [7, 11) is 1.41. The topological polar surface area (TPSA) is 83.9 Å². The number of hydrogen-bond acceptors (Lipinski definition) is 4. The molecule has 0 radical (unpaired) electrons. The number of carbonyl (C=O) groups is 2. The van der Waals surface area contributed by atoms with Gasteiger partial charge in [0.25, 0.3) is 0 Å². The van der Waals surface area contributed by atoms with Crippen molar-refractivity contribution in [1.82, 2.24) is 4.90 Å². The van der Waals surface area contributed by atoms with Gasteiger partial charge in [-0.3, -0.25) is 0 Å². The molecule has 0 aromatic carbocycles. The van der Waals surface area contributed by atoms with E-state index >= 15 is 0 Å². The predicted molar refractivity (Wildman–Crippen MR) is 80.2 cm³/mol. The van der Waals surface area contributed by atoms with Crippen molar-refractivity contribution < 1.29 is 55.3 Å². The van der Waals surface area contributed by atoms with Gasteiger partial charge in [0.05, 0.1) is 6.04 Å². The van der Waals surface area contributed by atoms with Crippen LogP contribution in [-0.2, 0) is 19.1 Å². The maximum atomic E-state index is 11.7. The Labute approximate surface area is 157 Å². The van der Waals surface area contributed by atoms with Gasteiger partial charge in [0.15, 0.2) is 6.10 Å². The Hall–Kier alpha value is -0.538. The molecule has 0 bridgehead atoms. The van der Waals surface area contributed by atoms with Crippen LogP contribution >= 0.6 is 0 Å². The molecule has 1 amide bonds. The number of aliphatic carboxylic acids is 1. The molecule has 0 saturated carbocycles. The Morgan fingerprint density at radius 2 is 1.64 bits per heavy atom. The van der Waals surface area contributed by atoms with Gasteiger partial charge in [0.1, 0.15) is 0 Å². The van der Waals surface area contributed by atoms with Gasteiger partial charge in [0.2, 0.25) is 0 Å². The Morgan fingerprint density at radius 3 is 1.91 bits per heavy atom. The van der Waals surface area contributed by atoms with Crippen LogP contribution in [0, 0.1) is 42.9 Å². The summed E-state index contributed by atoms with van der Waals surface area (Å²) < 4.78 is 4.74. The van der Waals surface area contributed by atoms with Crippen LogP contribution < -0.4 is 0 Å². The second kappa shape index (κ2) is 14.1. The first-order chi connectivity index (χ1) is 9.52. The molecular formula is C15H27NO5U. The van der Waals surface area contributed by atoms with Crippen LogP contribution in [0.4, 0.5) is 0 Å². The van der Waals surface area contributed by atoms with Crippen LogP contribution in [0.15, 0.2) is 0 Å².